The predicted molar refractivity (Wildman–Crippen MR) is 107 cm³/mol. The Morgan fingerprint density at radius 3 is 1.96 bits per heavy atom. The molecule has 0 aliphatic heterocycles. The maximum absolute atomic E-state index is 12.5. The largest absolute Gasteiger partial charge is 0.501 e. The third-order valence-electron chi connectivity index (χ3n) is 4.32. The van der Waals surface area contributed by atoms with Crippen LogP contribution in [0.4, 0.5) is 0 Å². The van der Waals surface area contributed by atoms with E-state index in [1.165, 1.54) is 12.5 Å². The molecule has 2 rings (SSSR count). The van der Waals surface area contributed by atoms with Crippen LogP contribution in [0.3, 0.4) is 0 Å². The summed E-state index contributed by atoms with van der Waals surface area (Å²) in [4.78, 5) is 12.5. The molecule has 0 amide bonds. The van der Waals surface area contributed by atoms with Gasteiger partial charge in [0.05, 0.1) is 31.3 Å². The normalized spacial score (nSPS) is 10.1. The number of aryl methyl sites for hydroxylation is 2. The number of ether oxygens (including phenoxy) is 3. The van der Waals surface area contributed by atoms with Gasteiger partial charge in [-0.1, -0.05) is 25.3 Å². The number of benzene rings is 2. The van der Waals surface area contributed by atoms with Crippen LogP contribution < -0.4 is 4.74 Å². The lowest BCUT2D eigenvalue weighted by atomic mass is 10.0. The van der Waals surface area contributed by atoms with E-state index in [0.29, 0.717) is 24.5 Å². The first-order valence-corrected chi connectivity index (χ1v) is 8.91. The quantitative estimate of drug-likeness (QED) is 0.259. The van der Waals surface area contributed by atoms with E-state index in [1.807, 2.05) is 44.2 Å². The van der Waals surface area contributed by atoms with Crippen LogP contribution in [-0.4, -0.2) is 19.2 Å². The van der Waals surface area contributed by atoms with Crippen molar-refractivity contribution in [2.45, 2.75) is 26.7 Å². The smallest absolute Gasteiger partial charge is 0.343 e. The topological polar surface area (TPSA) is 44.8 Å². The fourth-order valence-corrected chi connectivity index (χ4v) is 2.79. The van der Waals surface area contributed by atoms with Crippen LogP contribution >= 0.6 is 0 Å². The van der Waals surface area contributed by atoms with Gasteiger partial charge in [-0.15, -0.1) is 0 Å². The molecular weight excluding hydrogens is 340 g/mol. The second-order valence-corrected chi connectivity index (χ2v) is 6.19. The summed E-state index contributed by atoms with van der Waals surface area (Å²) in [5, 5.41) is 0. The average molecular weight is 366 g/mol. The Balaban J connectivity index is 2.02. The third-order valence-corrected chi connectivity index (χ3v) is 4.32. The Hall–Kier alpha value is -3.01. The minimum atomic E-state index is -0.367. The summed E-state index contributed by atoms with van der Waals surface area (Å²) < 4.78 is 15.9. The van der Waals surface area contributed by atoms with E-state index in [4.69, 9.17) is 14.2 Å². The van der Waals surface area contributed by atoms with Gasteiger partial charge >= 0.3 is 5.97 Å². The second kappa shape index (κ2) is 10.2. The summed E-state index contributed by atoms with van der Waals surface area (Å²) in [7, 11) is 0. The van der Waals surface area contributed by atoms with Crippen LogP contribution in [0, 0.1) is 13.8 Å². The van der Waals surface area contributed by atoms with Crippen molar-refractivity contribution >= 4 is 5.97 Å². The Morgan fingerprint density at radius 1 is 0.889 bits per heavy atom. The maximum Gasteiger partial charge on any atom is 0.343 e. The zero-order valence-electron chi connectivity index (χ0n) is 16.0. The molecule has 0 unspecified atom stereocenters. The molecule has 4 nitrogen and oxygen atoms in total. The first kappa shape index (κ1) is 20.3. The van der Waals surface area contributed by atoms with Gasteiger partial charge in [0.1, 0.15) is 5.75 Å². The highest BCUT2D eigenvalue weighted by Gasteiger charge is 2.11. The molecule has 0 heterocycles. The maximum atomic E-state index is 12.5. The summed E-state index contributed by atoms with van der Waals surface area (Å²) in [5.74, 6) is 0.168. The average Bonchev–Trinajstić information content (AvgIpc) is 2.65. The molecule has 2 aromatic carbocycles. The summed E-state index contributed by atoms with van der Waals surface area (Å²) in [6, 6.07) is 11.2. The number of hydrogen-bond donors (Lipinski definition) is 0. The van der Waals surface area contributed by atoms with Crippen LogP contribution in [0.5, 0.6) is 5.75 Å². The highest BCUT2D eigenvalue weighted by Crippen LogP contribution is 2.20. The lowest BCUT2D eigenvalue weighted by molar-refractivity contribution is 0.0734. The summed E-state index contributed by atoms with van der Waals surface area (Å²) >= 11 is 0. The highest BCUT2D eigenvalue weighted by molar-refractivity contribution is 5.91. The fraction of sp³-hybridized carbons (Fsp3) is 0.261. The highest BCUT2D eigenvalue weighted by atomic mass is 16.5. The van der Waals surface area contributed by atoms with E-state index < -0.39 is 0 Å². The number of hydrogen-bond acceptors (Lipinski definition) is 4. The van der Waals surface area contributed by atoms with Crippen molar-refractivity contribution in [1.29, 1.82) is 0 Å². The van der Waals surface area contributed by atoms with E-state index in [1.54, 1.807) is 6.07 Å². The monoisotopic (exact) mass is 366 g/mol. The van der Waals surface area contributed by atoms with Crippen molar-refractivity contribution < 1.29 is 19.0 Å². The van der Waals surface area contributed by atoms with Crippen LogP contribution in [-0.2, 0) is 22.3 Å². The molecule has 2 aromatic rings. The van der Waals surface area contributed by atoms with E-state index in [9.17, 15) is 4.79 Å². The van der Waals surface area contributed by atoms with Crippen molar-refractivity contribution in [3.63, 3.8) is 0 Å². The van der Waals surface area contributed by atoms with Gasteiger partial charge in [-0.3, -0.25) is 0 Å². The summed E-state index contributed by atoms with van der Waals surface area (Å²) in [6.07, 6.45) is 4.41. The molecule has 0 fully saturated rings. The fourth-order valence-electron chi connectivity index (χ4n) is 2.79. The molecule has 0 atom stereocenters. The van der Waals surface area contributed by atoms with Crippen LogP contribution in [0.15, 0.2) is 62.1 Å². The first-order valence-electron chi connectivity index (χ1n) is 8.91. The van der Waals surface area contributed by atoms with Gasteiger partial charge in [0, 0.05) is 12.8 Å². The lowest BCUT2D eigenvalue weighted by Crippen LogP contribution is -2.10. The van der Waals surface area contributed by atoms with Gasteiger partial charge in [-0.2, -0.15) is 0 Å². The van der Waals surface area contributed by atoms with Crippen molar-refractivity contribution in [2.24, 2.45) is 0 Å². The second-order valence-electron chi connectivity index (χ2n) is 6.19. The minimum Gasteiger partial charge on any atom is -0.501 e. The summed E-state index contributed by atoms with van der Waals surface area (Å²) in [5.41, 5.74) is 4.91. The van der Waals surface area contributed by atoms with E-state index in [-0.39, 0.29) is 5.97 Å². The first-order chi connectivity index (χ1) is 13.0. The molecule has 27 heavy (non-hydrogen) atoms. The van der Waals surface area contributed by atoms with Crippen LogP contribution in [0.25, 0.3) is 0 Å². The zero-order valence-corrected chi connectivity index (χ0v) is 16.0. The number of esters is 1. The van der Waals surface area contributed by atoms with E-state index in [2.05, 4.69) is 13.2 Å². The van der Waals surface area contributed by atoms with Gasteiger partial charge < -0.3 is 14.2 Å². The molecule has 0 radical (unpaired) electrons. The lowest BCUT2D eigenvalue weighted by Gasteiger charge is -2.11. The Bertz CT molecular complexity index is 808. The van der Waals surface area contributed by atoms with E-state index >= 15 is 0 Å². The molecule has 0 saturated heterocycles. The molecule has 0 spiro atoms. The van der Waals surface area contributed by atoms with Crippen molar-refractivity contribution in [3.8, 4) is 5.75 Å². The molecule has 0 bridgehead atoms. The molecular formula is C23H26O4. The minimum absolute atomic E-state index is 0.367. The van der Waals surface area contributed by atoms with Crippen molar-refractivity contribution in [1.82, 2.24) is 0 Å². The SMILES string of the molecule is C=COCCc1ccc(OC(=O)c2ccc(CCOC=C)c(C)c2)cc1C. The van der Waals surface area contributed by atoms with Crippen molar-refractivity contribution in [3.05, 3.63) is 89.9 Å². The molecule has 0 saturated carbocycles. The predicted octanol–water partition coefficient (Wildman–Crippen LogP) is 4.93. The zero-order chi connectivity index (χ0) is 19.6. The Morgan fingerprint density at radius 2 is 1.44 bits per heavy atom. The standard InChI is InChI=1S/C23H26O4/c1-5-25-13-11-19-7-8-21(15-17(19)3)23(24)27-22-10-9-20(18(4)16-22)12-14-26-6-2/h5-10,15-16H,1-2,11-14H2,3-4H3. The molecule has 0 aliphatic carbocycles. The molecule has 142 valence electrons. The molecule has 0 N–H and O–H groups in total. The van der Waals surface area contributed by atoms with Gasteiger partial charge in [0.15, 0.2) is 0 Å². The van der Waals surface area contributed by atoms with Gasteiger partial charge in [0.2, 0.25) is 0 Å². The van der Waals surface area contributed by atoms with Gasteiger partial charge in [0.25, 0.3) is 0 Å². The Kier molecular flexibility index (Phi) is 7.68. The van der Waals surface area contributed by atoms with E-state index in [0.717, 1.165) is 35.1 Å². The Labute approximate surface area is 161 Å². The number of carbonyl (C=O) groups excluding carboxylic acids is 1. The van der Waals surface area contributed by atoms with Crippen LogP contribution in [0.2, 0.25) is 0 Å². The van der Waals surface area contributed by atoms with Crippen molar-refractivity contribution in [2.75, 3.05) is 13.2 Å². The molecule has 0 aliphatic rings. The van der Waals surface area contributed by atoms with Gasteiger partial charge in [-0.05, 0) is 60.4 Å². The number of carbonyl (C=O) groups is 1. The third kappa shape index (κ3) is 6.03. The van der Waals surface area contributed by atoms with Crippen LogP contribution in [0.1, 0.15) is 32.6 Å². The molecule has 4 heteroatoms. The summed E-state index contributed by atoms with van der Waals surface area (Å²) in [6.45, 7) is 12.2. The molecule has 0 aromatic heterocycles. The van der Waals surface area contributed by atoms with Gasteiger partial charge in [-0.25, -0.2) is 4.79 Å². The number of rotatable bonds is 10.